The van der Waals surface area contributed by atoms with Crippen molar-refractivity contribution in [2.45, 2.75) is 26.0 Å². The number of aromatic nitrogens is 3. The lowest BCUT2D eigenvalue weighted by atomic mass is 10.0. The van der Waals surface area contributed by atoms with Crippen LogP contribution in [0, 0.1) is 6.92 Å². The van der Waals surface area contributed by atoms with Gasteiger partial charge in [0.15, 0.2) is 0 Å². The monoisotopic (exact) mass is 403 g/mol. The number of pyridine rings is 1. The highest BCUT2D eigenvalue weighted by Crippen LogP contribution is 2.23. The first kappa shape index (κ1) is 20.4. The SMILES string of the molecule is Cc1ccccc1Cc1cccc([C@H]2CN(Cc3cnc(N(C)C)nc3)CCO2)n1. The summed E-state index contributed by atoms with van der Waals surface area (Å²) < 4.78 is 6.07. The Morgan fingerprint density at radius 1 is 1.07 bits per heavy atom. The highest BCUT2D eigenvalue weighted by molar-refractivity contribution is 5.30. The number of hydrogen-bond donors (Lipinski definition) is 0. The molecular weight excluding hydrogens is 374 g/mol. The number of aryl methyl sites for hydroxylation is 1. The van der Waals surface area contributed by atoms with Gasteiger partial charge in [-0.2, -0.15) is 0 Å². The van der Waals surface area contributed by atoms with Crippen molar-refractivity contribution in [1.29, 1.82) is 0 Å². The average molecular weight is 404 g/mol. The number of hydrogen-bond acceptors (Lipinski definition) is 6. The standard InChI is InChI=1S/C24H29N5O/c1-18-7-4-5-8-20(18)13-21-9-6-10-22(27-21)23-17-29(11-12-30-23)16-19-14-25-24(26-15-19)28(2)3/h4-10,14-15,23H,11-13,16-17H2,1-3H3/t23-/m1/s1. The molecule has 2 aromatic heterocycles. The molecule has 6 nitrogen and oxygen atoms in total. The highest BCUT2D eigenvalue weighted by Gasteiger charge is 2.23. The normalized spacial score (nSPS) is 17.1. The maximum atomic E-state index is 6.07. The summed E-state index contributed by atoms with van der Waals surface area (Å²) >= 11 is 0. The van der Waals surface area contributed by atoms with Gasteiger partial charge >= 0.3 is 0 Å². The van der Waals surface area contributed by atoms with Gasteiger partial charge in [0, 0.05) is 63.8 Å². The van der Waals surface area contributed by atoms with E-state index in [2.05, 4.69) is 64.3 Å². The lowest BCUT2D eigenvalue weighted by Crippen LogP contribution is -2.38. The van der Waals surface area contributed by atoms with Crippen molar-refractivity contribution in [2.75, 3.05) is 38.7 Å². The molecule has 3 aromatic rings. The molecule has 1 saturated heterocycles. The van der Waals surface area contributed by atoms with Gasteiger partial charge in [-0.25, -0.2) is 9.97 Å². The zero-order valence-corrected chi connectivity index (χ0v) is 18.0. The first-order valence-electron chi connectivity index (χ1n) is 10.4. The third-order valence-corrected chi connectivity index (χ3v) is 5.44. The van der Waals surface area contributed by atoms with E-state index in [4.69, 9.17) is 9.72 Å². The van der Waals surface area contributed by atoms with E-state index in [0.29, 0.717) is 6.61 Å². The zero-order valence-electron chi connectivity index (χ0n) is 18.0. The Bertz CT molecular complexity index is 973. The van der Waals surface area contributed by atoms with Crippen LogP contribution in [0.4, 0.5) is 5.95 Å². The van der Waals surface area contributed by atoms with Crippen molar-refractivity contribution in [3.63, 3.8) is 0 Å². The molecule has 0 amide bonds. The smallest absolute Gasteiger partial charge is 0.224 e. The van der Waals surface area contributed by atoms with Crippen molar-refractivity contribution in [3.05, 3.63) is 82.9 Å². The second-order valence-corrected chi connectivity index (χ2v) is 8.04. The molecule has 6 heteroatoms. The van der Waals surface area contributed by atoms with Gasteiger partial charge in [-0.05, 0) is 30.2 Å². The van der Waals surface area contributed by atoms with E-state index in [1.807, 2.05) is 31.4 Å². The minimum Gasteiger partial charge on any atom is -0.369 e. The second-order valence-electron chi connectivity index (χ2n) is 8.04. The Balaban J connectivity index is 1.42. The van der Waals surface area contributed by atoms with Crippen LogP contribution in [-0.4, -0.2) is 53.6 Å². The second kappa shape index (κ2) is 9.32. The van der Waals surface area contributed by atoms with Gasteiger partial charge in [0.05, 0.1) is 12.3 Å². The number of rotatable bonds is 6. The van der Waals surface area contributed by atoms with Gasteiger partial charge in [-0.1, -0.05) is 30.3 Å². The van der Waals surface area contributed by atoms with Crippen molar-refractivity contribution in [2.24, 2.45) is 0 Å². The van der Waals surface area contributed by atoms with E-state index in [9.17, 15) is 0 Å². The molecule has 156 valence electrons. The molecule has 1 atom stereocenters. The number of nitrogens with zero attached hydrogens (tertiary/aromatic N) is 5. The van der Waals surface area contributed by atoms with E-state index in [0.717, 1.165) is 49.0 Å². The van der Waals surface area contributed by atoms with Crippen molar-refractivity contribution >= 4 is 5.95 Å². The minimum atomic E-state index is -0.0162. The van der Waals surface area contributed by atoms with E-state index >= 15 is 0 Å². The van der Waals surface area contributed by atoms with E-state index in [1.54, 1.807) is 0 Å². The average Bonchev–Trinajstić information content (AvgIpc) is 2.76. The Hall–Kier alpha value is -2.83. The molecule has 0 aliphatic carbocycles. The van der Waals surface area contributed by atoms with Crippen LogP contribution in [0.5, 0.6) is 0 Å². The third-order valence-electron chi connectivity index (χ3n) is 5.44. The first-order chi connectivity index (χ1) is 14.6. The molecule has 0 N–H and O–H groups in total. The van der Waals surface area contributed by atoms with Crippen molar-refractivity contribution < 1.29 is 4.74 Å². The summed E-state index contributed by atoms with van der Waals surface area (Å²) in [7, 11) is 3.89. The van der Waals surface area contributed by atoms with Crippen LogP contribution in [0.3, 0.4) is 0 Å². The van der Waals surface area contributed by atoms with E-state index < -0.39 is 0 Å². The largest absolute Gasteiger partial charge is 0.369 e. The molecular formula is C24H29N5O. The molecule has 0 unspecified atom stereocenters. The van der Waals surface area contributed by atoms with E-state index in [1.165, 1.54) is 11.1 Å². The predicted octanol–water partition coefficient (Wildman–Crippen LogP) is 3.41. The first-order valence-corrected chi connectivity index (χ1v) is 10.4. The van der Waals surface area contributed by atoms with Crippen LogP contribution in [0.25, 0.3) is 0 Å². The highest BCUT2D eigenvalue weighted by atomic mass is 16.5. The number of ether oxygens (including phenoxy) is 1. The molecule has 1 aromatic carbocycles. The number of anilines is 1. The summed E-state index contributed by atoms with van der Waals surface area (Å²) in [6.45, 7) is 5.38. The van der Waals surface area contributed by atoms with Gasteiger partial charge in [0.2, 0.25) is 5.95 Å². The summed E-state index contributed by atoms with van der Waals surface area (Å²) in [4.78, 5) is 18.1. The van der Waals surface area contributed by atoms with Crippen LogP contribution < -0.4 is 4.90 Å². The number of morpholine rings is 1. The van der Waals surface area contributed by atoms with Crippen LogP contribution in [-0.2, 0) is 17.7 Å². The van der Waals surface area contributed by atoms with Gasteiger partial charge in [0.1, 0.15) is 6.10 Å². The predicted molar refractivity (Wildman–Crippen MR) is 119 cm³/mol. The third kappa shape index (κ3) is 5.01. The number of benzene rings is 1. The lowest BCUT2D eigenvalue weighted by molar-refractivity contribution is -0.0351. The van der Waals surface area contributed by atoms with Crippen LogP contribution >= 0.6 is 0 Å². The summed E-state index contributed by atoms with van der Waals surface area (Å²) in [6.07, 6.45) is 4.64. The molecule has 4 rings (SSSR count). The maximum Gasteiger partial charge on any atom is 0.224 e. The van der Waals surface area contributed by atoms with Crippen LogP contribution in [0.15, 0.2) is 54.9 Å². The fourth-order valence-corrected chi connectivity index (χ4v) is 3.72. The molecule has 30 heavy (non-hydrogen) atoms. The lowest BCUT2D eigenvalue weighted by Gasteiger charge is -2.32. The quantitative estimate of drug-likeness (QED) is 0.629. The van der Waals surface area contributed by atoms with Gasteiger partial charge in [0.25, 0.3) is 0 Å². The Kier molecular flexibility index (Phi) is 6.35. The zero-order chi connectivity index (χ0) is 20.9. The molecule has 0 saturated carbocycles. The molecule has 0 bridgehead atoms. The molecule has 1 aliphatic rings. The fraction of sp³-hybridized carbons (Fsp3) is 0.375. The van der Waals surface area contributed by atoms with Gasteiger partial charge < -0.3 is 9.64 Å². The summed E-state index contributed by atoms with van der Waals surface area (Å²) in [5.74, 6) is 0.730. The molecule has 0 spiro atoms. The summed E-state index contributed by atoms with van der Waals surface area (Å²) in [6, 6.07) is 14.7. The minimum absolute atomic E-state index is 0.0162. The molecule has 1 aliphatic heterocycles. The summed E-state index contributed by atoms with van der Waals surface area (Å²) in [5.41, 5.74) is 5.81. The van der Waals surface area contributed by atoms with Gasteiger partial charge in [-0.15, -0.1) is 0 Å². The fourth-order valence-electron chi connectivity index (χ4n) is 3.72. The maximum absolute atomic E-state index is 6.07. The van der Waals surface area contributed by atoms with Crippen molar-refractivity contribution in [1.82, 2.24) is 19.9 Å². The Morgan fingerprint density at radius 3 is 2.63 bits per heavy atom. The molecule has 1 fully saturated rings. The van der Waals surface area contributed by atoms with E-state index in [-0.39, 0.29) is 6.10 Å². The topological polar surface area (TPSA) is 54.4 Å². The Morgan fingerprint density at radius 2 is 1.87 bits per heavy atom. The van der Waals surface area contributed by atoms with Crippen LogP contribution in [0.2, 0.25) is 0 Å². The summed E-state index contributed by atoms with van der Waals surface area (Å²) in [5, 5.41) is 0. The molecule has 3 heterocycles. The molecule has 0 radical (unpaired) electrons. The van der Waals surface area contributed by atoms with Crippen LogP contribution in [0.1, 0.15) is 34.2 Å². The Labute approximate surface area is 178 Å². The van der Waals surface area contributed by atoms with Crippen molar-refractivity contribution in [3.8, 4) is 0 Å². The van der Waals surface area contributed by atoms with Gasteiger partial charge in [-0.3, -0.25) is 9.88 Å².